The molecular weight excluding hydrogens is 312 g/mol. The van der Waals surface area contributed by atoms with Gasteiger partial charge in [-0.2, -0.15) is 0 Å². The van der Waals surface area contributed by atoms with Gasteiger partial charge in [0.2, 0.25) is 0 Å². The van der Waals surface area contributed by atoms with Gasteiger partial charge in [0, 0.05) is 4.83 Å². The number of terminal acetylenes is 1. The molecule has 4 unspecified atom stereocenters. The number of allylic oxidation sites excluding steroid dienone is 2. The van der Waals surface area contributed by atoms with Crippen LogP contribution in [0.4, 0.5) is 0 Å². The van der Waals surface area contributed by atoms with E-state index in [0.717, 1.165) is 25.7 Å². The van der Waals surface area contributed by atoms with E-state index < -0.39 is 0 Å². The smallest absolute Gasteiger partial charge is 0.0780 e. The highest BCUT2D eigenvalue weighted by atomic mass is 79.9. The SMILES string of the molecule is C#CC=CCC(Cl)C1CC=CCC(C(Br)CC)O1. The van der Waals surface area contributed by atoms with Gasteiger partial charge in [-0.15, -0.1) is 18.0 Å². The van der Waals surface area contributed by atoms with E-state index >= 15 is 0 Å². The Bertz CT molecular complexity index is 332. The summed E-state index contributed by atoms with van der Waals surface area (Å²) in [5.41, 5.74) is 0. The Hall–Kier alpha value is -0.230. The molecule has 1 heterocycles. The maximum Gasteiger partial charge on any atom is 0.0780 e. The molecule has 4 atom stereocenters. The molecule has 0 aliphatic carbocycles. The Labute approximate surface area is 124 Å². The number of hydrogen-bond donors (Lipinski definition) is 0. The molecule has 0 spiro atoms. The van der Waals surface area contributed by atoms with E-state index in [2.05, 4.69) is 40.9 Å². The van der Waals surface area contributed by atoms with Crippen LogP contribution in [-0.2, 0) is 4.74 Å². The van der Waals surface area contributed by atoms with Crippen LogP contribution < -0.4 is 0 Å². The topological polar surface area (TPSA) is 9.23 Å². The van der Waals surface area contributed by atoms with Crippen LogP contribution in [0.15, 0.2) is 24.3 Å². The lowest BCUT2D eigenvalue weighted by Gasteiger charge is -2.27. The third-order valence-corrected chi connectivity index (χ3v) is 4.72. The summed E-state index contributed by atoms with van der Waals surface area (Å²) in [6.45, 7) is 2.15. The maximum atomic E-state index is 6.39. The first kappa shape index (κ1) is 15.8. The van der Waals surface area contributed by atoms with Crippen molar-refractivity contribution in [3.8, 4) is 12.3 Å². The zero-order valence-electron chi connectivity index (χ0n) is 10.7. The van der Waals surface area contributed by atoms with E-state index in [-0.39, 0.29) is 17.6 Å². The summed E-state index contributed by atoms with van der Waals surface area (Å²) in [6, 6.07) is 0. The summed E-state index contributed by atoms with van der Waals surface area (Å²) in [5, 5.41) is -0.0311. The molecule has 1 nitrogen and oxygen atoms in total. The minimum absolute atomic E-state index is 0.0311. The van der Waals surface area contributed by atoms with Crippen LogP contribution in [0.2, 0.25) is 0 Å². The highest BCUT2D eigenvalue weighted by Crippen LogP contribution is 2.26. The molecule has 100 valence electrons. The van der Waals surface area contributed by atoms with Gasteiger partial charge in [0.05, 0.1) is 17.6 Å². The Morgan fingerprint density at radius 1 is 1.50 bits per heavy atom. The molecule has 0 aromatic rings. The predicted octanol–water partition coefficient (Wildman–Crippen LogP) is 4.45. The Balaban J connectivity index is 2.56. The fourth-order valence-corrected chi connectivity index (χ4v) is 2.55. The van der Waals surface area contributed by atoms with Gasteiger partial charge in [-0.1, -0.05) is 47.0 Å². The van der Waals surface area contributed by atoms with Crippen molar-refractivity contribution in [3.63, 3.8) is 0 Å². The molecule has 0 saturated heterocycles. The third kappa shape index (κ3) is 5.18. The van der Waals surface area contributed by atoms with Gasteiger partial charge in [0.1, 0.15) is 0 Å². The summed E-state index contributed by atoms with van der Waals surface area (Å²) < 4.78 is 6.13. The standard InChI is InChI=1S/C15H20BrClO/c1-3-5-6-9-13(17)15-11-8-7-10-14(18-15)12(16)4-2/h1,5-8,12-15H,4,9-11H2,2H3. The van der Waals surface area contributed by atoms with Gasteiger partial charge in [0.25, 0.3) is 0 Å². The Kier molecular flexibility index (Phi) is 7.74. The molecule has 1 aliphatic heterocycles. The largest absolute Gasteiger partial charge is 0.372 e. The third-order valence-electron chi connectivity index (χ3n) is 3.03. The lowest BCUT2D eigenvalue weighted by molar-refractivity contribution is -0.00662. The lowest BCUT2D eigenvalue weighted by atomic mass is 10.1. The van der Waals surface area contributed by atoms with Gasteiger partial charge in [-0.3, -0.25) is 0 Å². The molecule has 0 fully saturated rings. The molecule has 0 saturated carbocycles. The second-order valence-electron chi connectivity index (χ2n) is 4.40. The molecular formula is C15H20BrClO. The van der Waals surface area contributed by atoms with Crippen LogP contribution >= 0.6 is 27.5 Å². The van der Waals surface area contributed by atoms with E-state index in [1.54, 1.807) is 6.08 Å². The van der Waals surface area contributed by atoms with Crippen molar-refractivity contribution in [3.05, 3.63) is 24.3 Å². The first-order valence-electron chi connectivity index (χ1n) is 6.38. The average Bonchev–Trinajstić information content (AvgIpc) is 2.63. The first-order chi connectivity index (χ1) is 8.69. The summed E-state index contributed by atoms with van der Waals surface area (Å²) in [5.74, 6) is 2.47. The van der Waals surface area contributed by atoms with Crippen molar-refractivity contribution in [1.29, 1.82) is 0 Å². The van der Waals surface area contributed by atoms with Crippen LogP contribution in [0.1, 0.15) is 32.6 Å². The van der Waals surface area contributed by atoms with Crippen LogP contribution in [0.3, 0.4) is 0 Å². The number of alkyl halides is 2. The number of ether oxygens (including phenoxy) is 1. The van der Waals surface area contributed by atoms with Crippen molar-refractivity contribution in [2.75, 3.05) is 0 Å². The molecule has 3 heteroatoms. The fraction of sp³-hybridized carbons (Fsp3) is 0.600. The van der Waals surface area contributed by atoms with Gasteiger partial charge in [-0.05, 0) is 31.8 Å². The molecule has 1 aliphatic rings. The minimum atomic E-state index is -0.0311. The predicted molar refractivity (Wildman–Crippen MR) is 82.3 cm³/mol. The second-order valence-corrected chi connectivity index (χ2v) is 6.14. The number of rotatable bonds is 5. The number of halogens is 2. The molecule has 0 radical (unpaired) electrons. The zero-order valence-corrected chi connectivity index (χ0v) is 13.0. The quantitative estimate of drug-likeness (QED) is 0.411. The molecule has 0 amide bonds. The van der Waals surface area contributed by atoms with E-state index in [1.807, 2.05) is 6.08 Å². The van der Waals surface area contributed by atoms with Crippen molar-refractivity contribution in [2.24, 2.45) is 0 Å². The van der Waals surface area contributed by atoms with Crippen molar-refractivity contribution < 1.29 is 4.74 Å². The average molecular weight is 332 g/mol. The molecule has 1 rings (SSSR count). The van der Waals surface area contributed by atoms with Crippen LogP contribution in [0.5, 0.6) is 0 Å². The summed E-state index contributed by atoms with van der Waals surface area (Å²) in [4.78, 5) is 0.382. The van der Waals surface area contributed by atoms with Crippen molar-refractivity contribution >= 4 is 27.5 Å². The summed E-state index contributed by atoms with van der Waals surface area (Å²) >= 11 is 10.1. The van der Waals surface area contributed by atoms with Gasteiger partial charge in [-0.25, -0.2) is 0 Å². The molecule has 0 bridgehead atoms. The molecule has 18 heavy (non-hydrogen) atoms. The van der Waals surface area contributed by atoms with E-state index in [9.17, 15) is 0 Å². The van der Waals surface area contributed by atoms with Gasteiger partial charge < -0.3 is 4.74 Å². The summed E-state index contributed by atoms with van der Waals surface area (Å²) in [6.07, 6.45) is 17.0. The highest BCUT2D eigenvalue weighted by molar-refractivity contribution is 9.09. The van der Waals surface area contributed by atoms with E-state index in [0.29, 0.717) is 4.83 Å². The van der Waals surface area contributed by atoms with Crippen molar-refractivity contribution in [2.45, 2.75) is 55.0 Å². The normalized spacial score (nSPS) is 27.7. The highest BCUT2D eigenvalue weighted by Gasteiger charge is 2.27. The Morgan fingerprint density at radius 3 is 2.78 bits per heavy atom. The molecule has 0 aromatic heterocycles. The van der Waals surface area contributed by atoms with Crippen LogP contribution in [0.25, 0.3) is 0 Å². The minimum Gasteiger partial charge on any atom is -0.372 e. The lowest BCUT2D eigenvalue weighted by Crippen LogP contribution is -2.32. The monoisotopic (exact) mass is 330 g/mol. The van der Waals surface area contributed by atoms with Crippen molar-refractivity contribution in [1.82, 2.24) is 0 Å². The molecule has 0 aromatic carbocycles. The van der Waals surface area contributed by atoms with Crippen LogP contribution in [0, 0.1) is 12.3 Å². The number of hydrogen-bond acceptors (Lipinski definition) is 1. The van der Waals surface area contributed by atoms with E-state index in [4.69, 9.17) is 22.8 Å². The van der Waals surface area contributed by atoms with Gasteiger partial charge >= 0.3 is 0 Å². The molecule has 0 N–H and O–H groups in total. The first-order valence-corrected chi connectivity index (χ1v) is 7.74. The van der Waals surface area contributed by atoms with Gasteiger partial charge in [0.15, 0.2) is 0 Å². The van der Waals surface area contributed by atoms with E-state index in [1.165, 1.54) is 0 Å². The van der Waals surface area contributed by atoms with Crippen LogP contribution in [-0.4, -0.2) is 22.4 Å². The fourth-order valence-electron chi connectivity index (χ4n) is 1.94. The zero-order chi connectivity index (χ0) is 13.4. The second kappa shape index (κ2) is 8.80. The maximum absolute atomic E-state index is 6.39. The Morgan fingerprint density at radius 2 is 2.17 bits per heavy atom. The summed E-state index contributed by atoms with van der Waals surface area (Å²) in [7, 11) is 0.